The molecule has 20 heavy (non-hydrogen) atoms. The van der Waals surface area contributed by atoms with Crippen molar-refractivity contribution in [1.82, 2.24) is 19.5 Å². The lowest BCUT2D eigenvalue weighted by Gasteiger charge is -2.26. The van der Waals surface area contributed by atoms with Gasteiger partial charge in [0, 0.05) is 5.41 Å². The van der Waals surface area contributed by atoms with Crippen LogP contribution in [-0.2, 0) is 0 Å². The number of nitrogen functional groups attached to an aromatic ring is 1. The molecule has 4 unspecified atom stereocenters. The molecule has 0 bridgehead atoms. The van der Waals surface area contributed by atoms with Crippen LogP contribution in [0.1, 0.15) is 19.6 Å². The third-order valence-electron chi connectivity index (χ3n) is 4.35. The van der Waals surface area contributed by atoms with Crippen molar-refractivity contribution < 1.29 is 15.3 Å². The maximum absolute atomic E-state index is 10.4. The van der Waals surface area contributed by atoms with Gasteiger partial charge < -0.3 is 21.1 Å². The molecule has 0 aromatic carbocycles. The Morgan fingerprint density at radius 2 is 2.15 bits per heavy atom. The Bertz CT molecular complexity index is 641. The topological polar surface area (TPSA) is 130 Å². The van der Waals surface area contributed by atoms with Gasteiger partial charge in [0.1, 0.15) is 17.9 Å². The lowest BCUT2D eigenvalue weighted by Crippen LogP contribution is -2.35. The summed E-state index contributed by atoms with van der Waals surface area (Å²) in [6.07, 6.45) is 0.964. The Hall–Kier alpha value is -1.77. The Morgan fingerprint density at radius 3 is 2.75 bits per heavy atom. The Balaban J connectivity index is 1.97. The van der Waals surface area contributed by atoms with E-state index in [1.807, 2.05) is 6.92 Å². The first-order valence-electron chi connectivity index (χ1n) is 6.41. The number of fused-ring (bicyclic) bond motifs is 1. The van der Waals surface area contributed by atoms with Crippen LogP contribution in [0, 0.1) is 11.3 Å². The van der Waals surface area contributed by atoms with Crippen LogP contribution in [0.3, 0.4) is 0 Å². The van der Waals surface area contributed by atoms with Gasteiger partial charge in [-0.05, 0) is 12.3 Å². The van der Waals surface area contributed by atoms with E-state index in [0.29, 0.717) is 17.6 Å². The molecule has 0 spiro atoms. The quantitative estimate of drug-likeness (QED) is 0.581. The fourth-order valence-electron chi connectivity index (χ4n) is 2.75. The molecule has 2 heterocycles. The molecule has 4 atom stereocenters. The van der Waals surface area contributed by atoms with Crippen molar-refractivity contribution in [3.05, 3.63) is 12.7 Å². The summed E-state index contributed by atoms with van der Waals surface area (Å²) in [5, 5.41) is 30.2. The summed E-state index contributed by atoms with van der Waals surface area (Å²) in [5.74, 6) is 0.374. The second kappa shape index (κ2) is 4.37. The van der Waals surface area contributed by atoms with Crippen molar-refractivity contribution in [3.63, 3.8) is 0 Å². The van der Waals surface area contributed by atoms with E-state index in [9.17, 15) is 15.3 Å². The van der Waals surface area contributed by atoms with E-state index in [2.05, 4.69) is 15.0 Å². The summed E-state index contributed by atoms with van der Waals surface area (Å²) in [6.45, 7) is 1.76. The highest BCUT2D eigenvalue weighted by Gasteiger charge is 2.58. The number of nitrogens with zero attached hydrogens (tertiary/aromatic N) is 4. The Morgan fingerprint density at radius 1 is 1.45 bits per heavy atom. The third-order valence-corrected chi connectivity index (χ3v) is 4.35. The molecule has 1 saturated carbocycles. The molecule has 0 aliphatic heterocycles. The molecular formula is C12H17N5O3. The molecule has 2 aromatic heterocycles. The highest BCUT2D eigenvalue weighted by atomic mass is 16.3. The average molecular weight is 279 g/mol. The number of hydrogen-bond acceptors (Lipinski definition) is 7. The largest absolute Gasteiger partial charge is 0.396 e. The van der Waals surface area contributed by atoms with Gasteiger partial charge in [-0.25, -0.2) is 15.0 Å². The number of aliphatic hydroxyl groups is 3. The zero-order valence-corrected chi connectivity index (χ0v) is 11.0. The van der Waals surface area contributed by atoms with Gasteiger partial charge >= 0.3 is 0 Å². The van der Waals surface area contributed by atoms with Crippen molar-refractivity contribution in [1.29, 1.82) is 0 Å². The molecule has 2 aromatic rings. The minimum Gasteiger partial charge on any atom is -0.396 e. The minimum atomic E-state index is -1.24. The van der Waals surface area contributed by atoms with Gasteiger partial charge in [-0.3, -0.25) is 4.57 Å². The molecule has 3 rings (SSSR count). The molecule has 0 radical (unpaired) electrons. The van der Waals surface area contributed by atoms with Crippen LogP contribution in [0.15, 0.2) is 12.7 Å². The molecule has 0 amide bonds. The van der Waals surface area contributed by atoms with Gasteiger partial charge in [-0.15, -0.1) is 0 Å². The van der Waals surface area contributed by atoms with Crippen LogP contribution < -0.4 is 5.73 Å². The number of aromatic nitrogens is 4. The third kappa shape index (κ3) is 1.69. The Kier molecular flexibility index (Phi) is 2.89. The first-order chi connectivity index (χ1) is 9.51. The van der Waals surface area contributed by atoms with Crippen LogP contribution in [0.4, 0.5) is 5.82 Å². The molecule has 0 saturated heterocycles. The fraction of sp³-hybridized carbons (Fsp3) is 0.583. The second-order valence-corrected chi connectivity index (χ2v) is 5.44. The number of aliphatic hydroxyl groups excluding tert-OH is 3. The van der Waals surface area contributed by atoms with Gasteiger partial charge in [-0.2, -0.15) is 0 Å². The van der Waals surface area contributed by atoms with E-state index < -0.39 is 17.7 Å². The lowest BCUT2D eigenvalue weighted by atomic mass is 9.96. The van der Waals surface area contributed by atoms with Gasteiger partial charge in [0.2, 0.25) is 0 Å². The summed E-state index contributed by atoms with van der Waals surface area (Å²) >= 11 is 0. The van der Waals surface area contributed by atoms with E-state index in [0.717, 1.165) is 0 Å². The maximum atomic E-state index is 10.4. The van der Waals surface area contributed by atoms with Crippen LogP contribution in [-0.4, -0.2) is 47.5 Å². The van der Waals surface area contributed by atoms with Crippen molar-refractivity contribution in [2.75, 3.05) is 12.3 Å². The minimum absolute atomic E-state index is 0.159. The maximum Gasteiger partial charge on any atom is 0.167 e. The van der Waals surface area contributed by atoms with Gasteiger partial charge in [0.05, 0.1) is 12.9 Å². The molecular weight excluding hydrogens is 262 g/mol. The van der Waals surface area contributed by atoms with E-state index in [4.69, 9.17) is 5.73 Å². The summed E-state index contributed by atoms with van der Waals surface area (Å²) in [7, 11) is 0. The van der Waals surface area contributed by atoms with Crippen molar-refractivity contribution >= 4 is 17.0 Å². The standard InChI is InChI=1S/C12H17N5O3/c1-6-2-12(6,3-18)8(19)11(20)17-5-16-7-9(13)14-4-15-10(7)17/h4-6,8,11,18-20H,2-3H2,1H3,(H2,13,14,15). The predicted octanol–water partition coefficient (Wildman–Crippen LogP) is -0.721. The molecule has 1 aliphatic rings. The summed E-state index contributed by atoms with van der Waals surface area (Å²) < 4.78 is 1.35. The van der Waals surface area contributed by atoms with Crippen LogP contribution in [0.25, 0.3) is 11.2 Å². The predicted molar refractivity (Wildman–Crippen MR) is 70.3 cm³/mol. The van der Waals surface area contributed by atoms with E-state index in [1.165, 1.54) is 17.2 Å². The zero-order valence-electron chi connectivity index (χ0n) is 11.0. The van der Waals surface area contributed by atoms with Crippen molar-refractivity contribution in [2.45, 2.75) is 25.7 Å². The number of anilines is 1. The normalized spacial score (nSPS) is 28.5. The highest BCUT2D eigenvalue weighted by Crippen LogP contribution is 2.56. The lowest BCUT2D eigenvalue weighted by molar-refractivity contribution is -0.0822. The van der Waals surface area contributed by atoms with Gasteiger partial charge in [0.25, 0.3) is 0 Å². The first-order valence-corrected chi connectivity index (χ1v) is 6.41. The fourth-order valence-corrected chi connectivity index (χ4v) is 2.75. The SMILES string of the molecule is CC1CC1(CO)C(O)C(O)n1cnc2c(N)ncnc21. The van der Waals surface area contributed by atoms with Crippen LogP contribution >= 0.6 is 0 Å². The monoisotopic (exact) mass is 279 g/mol. The average Bonchev–Trinajstić information content (AvgIpc) is 2.92. The first kappa shape index (κ1) is 13.2. The molecule has 1 aliphatic carbocycles. The number of rotatable bonds is 4. The van der Waals surface area contributed by atoms with Crippen molar-refractivity contribution in [3.8, 4) is 0 Å². The Labute approximate surface area is 114 Å². The number of imidazole rings is 1. The summed E-state index contributed by atoms with van der Waals surface area (Å²) in [4.78, 5) is 11.9. The van der Waals surface area contributed by atoms with Crippen LogP contribution in [0.5, 0.6) is 0 Å². The number of hydrogen-bond donors (Lipinski definition) is 4. The molecule has 1 fully saturated rings. The molecule has 5 N–H and O–H groups in total. The smallest absolute Gasteiger partial charge is 0.167 e. The second-order valence-electron chi connectivity index (χ2n) is 5.44. The molecule has 108 valence electrons. The van der Waals surface area contributed by atoms with E-state index >= 15 is 0 Å². The van der Waals surface area contributed by atoms with Crippen molar-refractivity contribution in [2.24, 2.45) is 11.3 Å². The van der Waals surface area contributed by atoms with E-state index in [1.54, 1.807) is 0 Å². The summed E-state index contributed by atoms with van der Waals surface area (Å²) in [5.41, 5.74) is 5.75. The summed E-state index contributed by atoms with van der Waals surface area (Å²) in [6, 6.07) is 0. The molecule has 8 heteroatoms. The number of nitrogens with two attached hydrogens (primary N) is 1. The molecule has 8 nitrogen and oxygen atoms in total. The van der Waals surface area contributed by atoms with Gasteiger partial charge in [0.15, 0.2) is 17.7 Å². The van der Waals surface area contributed by atoms with E-state index in [-0.39, 0.29) is 18.3 Å². The van der Waals surface area contributed by atoms with Gasteiger partial charge in [-0.1, -0.05) is 6.92 Å². The van der Waals surface area contributed by atoms with Crippen LogP contribution in [0.2, 0.25) is 0 Å². The zero-order chi connectivity index (χ0) is 14.5. The highest BCUT2D eigenvalue weighted by molar-refractivity contribution is 5.81.